The first kappa shape index (κ1) is 16.3. The van der Waals surface area contributed by atoms with Crippen molar-refractivity contribution in [1.82, 2.24) is 19.9 Å². The number of aromatic nitrogens is 3. The first-order chi connectivity index (χ1) is 10.9. The van der Waals surface area contributed by atoms with E-state index >= 15 is 0 Å². The van der Waals surface area contributed by atoms with Crippen molar-refractivity contribution in [3.8, 4) is 17.1 Å². The summed E-state index contributed by atoms with van der Waals surface area (Å²) in [5.41, 5.74) is 0.324. The second kappa shape index (κ2) is 6.82. The lowest BCUT2D eigenvalue weighted by Crippen LogP contribution is -2.06. The maximum Gasteiger partial charge on any atom is 0.356 e. The third-order valence-electron chi connectivity index (χ3n) is 2.84. The van der Waals surface area contributed by atoms with Crippen LogP contribution in [-0.2, 0) is 0 Å². The summed E-state index contributed by atoms with van der Waals surface area (Å²) in [5.74, 6) is -1.60. The van der Waals surface area contributed by atoms with E-state index in [1.54, 1.807) is 31.3 Å². The standard InChI is InChI=1S/C15H15FN4O3/c1-20(2)5-4-11-14(18-8-12(19-11)15(21)22)9-6-13(23-3)17-7-10(9)16/h4-8H,1-3H3,(H,21,22). The minimum Gasteiger partial charge on any atom is -0.481 e. The van der Waals surface area contributed by atoms with Crippen molar-refractivity contribution in [3.63, 3.8) is 0 Å². The number of hydrogen-bond donors (Lipinski definition) is 1. The summed E-state index contributed by atoms with van der Waals surface area (Å²) in [5, 5.41) is 9.04. The van der Waals surface area contributed by atoms with Gasteiger partial charge in [-0.2, -0.15) is 0 Å². The average Bonchev–Trinajstić information content (AvgIpc) is 2.53. The van der Waals surface area contributed by atoms with E-state index in [9.17, 15) is 9.18 Å². The van der Waals surface area contributed by atoms with E-state index < -0.39 is 11.8 Å². The van der Waals surface area contributed by atoms with Gasteiger partial charge >= 0.3 is 5.97 Å². The van der Waals surface area contributed by atoms with Gasteiger partial charge in [0, 0.05) is 31.9 Å². The summed E-state index contributed by atoms with van der Waals surface area (Å²) in [7, 11) is 5.00. The van der Waals surface area contributed by atoms with Gasteiger partial charge in [-0.25, -0.2) is 19.2 Å². The number of aromatic carboxylic acids is 1. The van der Waals surface area contributed by atoms with Gasteiger partial charge in [0.15, 0.2) is 11.5 Å². The van der Waals surface area contributed by atoms with Crippen molar-refractivity contribution in [2.24, 2.45) is 0 Å². The maximum absolute atomic E-state index is 14.1. The number of rotatable bonds is 5. The predicted molar refractivity (Wildman–Crippen MR) is 81.5 cm³/mol. The van der Waals surface area contributed by atoms with Gasteiger partial charge in [0.05, 0.1) is 30.9 Å². The minimum atomic E-state index is -1.21. The number of pyridine rings is 1. The number of methoxy groups -OCH3 is 1. The fourth-order valence-electron chi connectivity index (χ4n) is 1.76. The number of carboxylic acids is 1. The highest BCUT2D eigenvalue weighted by Gasteiger charge is 2.16. The van der Waals surface area contributed by atoms with E-state index in [0.717, 1.165) is 12.4 Å². The highest BCUT2D eigenvalue weighted by atomic mass is 19.1. The van der Waals surface area contributed by atoms with Crippen LogP contribution < -0.4 is 4.74 Å². The molecule has 0 spiro atoms. The van der Waals surface area contributed by atoms with Crippen molar-refractivity contribution in [2.45, 2.75) is 0 Å². The zero-order valence-electron chi connectivity index (χ0n) is 12.8. The molecule has 1 N–H and O–H groups in total. The first-order valence-electron chi connectivity index (χ1n) is 6.57. The molecule has 0 amide bonds. The number of hydrogen-bond acceptors (Lipinski definition) is 6. The molecule has 0 bridgehead atoms. The molecule has 7 nitrogen and oxygen atoms in total. The van der Waals surface area contributed by atoms with Gasteiger partial charge in [-0.05, 0) is 6.08 Å². The Morgan fingerprint density at radius 2 is 2.09 bits per heavy atom. The molecule has 0 aliphatic heterocycles. The Morgan fingerprint density at radius 3 is 2.70 bits per heavy atom. The largest absolute Gasteiger partial charge is 0.481 e. The van der Waals surface area contributed by atoms with Gasteiger partial charge in [0.1, 0.15) is 0 Å². The summed E-state index contributed by atoms with van der Waals surface area (Å²) in [6.45, 7) is 0. The van der Waals surface area contributed by atoms with Crippen LogP contribution in [0.2, 0.25) is 0 Å². The number of halogens is 1. The second-order valence-corrected chi connectivity index (χ2v) is 4.78. The maximum atomic E-state index is 14.1. The zero-order chi connectivity index (χ0) is 17.0. The quantitative estimate of drug-likeness (QED) is 0.901. The Kier molecular flexibility index (Phi) is 4.85. The fourth-order valence-corrected chi connectivity index (χ4v) is 1.76. The monoisotopic (exact) mass is 318 g/mol. The van der Waals surface area contributed by atoms with E-state index in [4.69, 9.17) is 9.84 Å². The Balaban J connectivity index is 2.63. The van der Waals surface area contributed by atoms with Gasteiger partial charge in [-0.1, -0.05) is 0 Å². The summed E-state index contributed by atoms with van der Waals surface area (Å²) in [6, 6.07) is 1.38. The molecule has 2 aromatic rings. The van der Waals surface area contributed by atoms with E-state index in [1.807, 2.05) is 0 Å². The molecule has 0 saturated carbocycles. The van der Waals surface area contributed by atoms with Crippen LogP contribution in [0, 0.1) is 5.82 Å². The van der Waals surface area contributed by atoms with Gasteiger partial charge in [0.2, 0.25) is 5.88 Å². The van der Waals surface area contributed by atoms with Gasteiger partial charge in [-0.3, -0.25) is 4.98 Å². The third kappa shape index (κ3) is 3.79. The summed E-state index contributed by atoms with van der Waals surface area (Å²) < 4.78 is 19.1. The first-order valence-corrected chi connectivity index (χ1v) is 6.57. The Bertz CT molecular complexity index is 762. The fraction of sp³-hybridized carbons (Fsp3) is 0.200. The lowest BCUT2D eigenvalue weighted by atomic mass is 10.1. The molecule has 0 unspecified atom stereocenters. The van der Waals surface area contributed by atoms with Crippen molar-refractivity contribution in [3.05, 3.63) is 41.9 Å². The minimum absolute atomic E-state index is 0.125. The summed E-state index contributed by atoms with van der Waals surface area (Å²) >= 11 is 0. The highest BCUT2D eigenvalue weighted by Crippen LogP contribution is 2.26. The van der Waals surface area contributed by atoms with Crippen LogP contribution in [0.3, 0.4) is 0 Å². The number of carbonyl (C=O) groups is 1. The number of ether oxygens (including phenoxy) is 1. The Hall–Kier alpha value is -3.03. The van der Waals surface area contributed by atoms with E-state index in [1.165, 1.54) is 13.2 Å². The van der Waals surface area contributed by atoms with Gasteiger partial charge < -0.3 is 14.7 Å². The molecule has 120 valence electrons. The predicted octanol–water partition coefficient (Wildman–Crippen LogP) is 1.92. The normalized spacial score (nSPS) is 10.8. The Labute approximate surface area is 132 Å². The molecule has 23 heavy (non-hydrogen) atoms. The van der Waals surface area contributed by atoms with Crippen molar-refractivity contribution in [2.75, 3.05) is 21.2 Å². The molecule has 0 fully saturated rings. The average molecular weight is 318 g/mol. The molecular formula is C15H15FN4O3. The molecule has 0 aromatic carbocycles. The molecular weight excluding hydrogens is 303 g/mol. The molecule has 0 atom stereocenters. The SMILES string of the molecule is COc1cc(-c2ncc(C(=O)O)nc2C=CN(C)C)c(F)cn1. The summed E-state index contributed by atoms with van der Waals surface area (Å²) in [4.78, 5) is 24.6. The summed E-state index contributed by atoms with van der Waals surface area (Å²) in [6.07, 6.45) is 5.31. The van der Waals surface area contributed by atoms with E-state index in [-0.39, 0.29) is 28.5 Å². The van der Waals surface area contributed by atoms with Crippen molar-refractivity contribution >= 4 is 12.0 Å². The number of carboxylic acid groups (broad SMARTS) is 1. The highest BCUT2D eigenvalue weighted by molar-refractivity contribution is 5.86. The molecule has 0 radical (unpaired) electrons. The van der Waals surface area contributed by atoms with Crippen LogP contribution in [0.5, 0.6) is 5.88 Å². The molecule has 0 aliphatic rings. The zero-order valence-corrected chi connectivity index (χ0v) is 12.8. The van der Waals surface area contributed by atoms with Crippen LogP contribution >= 0.6 is 0 Å². The van der Waals surface area contributed by atoms with Crippen molar-refractivity contribution in [1.29, 1.82) is 0 Å². The van der Waals surface area contributed by atoms with Gasteiger partial charge in [0.25, 0.3) is 0 Å². The van der Waals surface area contributed by atoms with Crippen LogP contribution in [0.4, 0.5) is 4.39 Å². The smallest absolute Gasteiger partial charge is 0.356 e. The van der Waals surface area contributed by atoms with Crippen molar-refractivity contribution < 1.29 is 19.0 Å². The Morgan fingerprint density at radius 1 is 1.35 bits per heavy atom. The molecule has 2 heterocycles. The van der Waals surface area contributed by atoms with Crippen LogP contribution in [-0.4, -0.2) is 52.1 Å². The topological polar surface area (TPSA) is 88.4 Å². The molecule has 8 heteroatoms. The molecule has 0 saturated heterocycles. The molecule has 2 aromatic heterocycles. The van der Waals surface area contributed by atoms with E-state index in [0.29, 0.717) is 0 Å². The van der Waals surface area contributed by atoms with Crippen LogP contribution in [0.1, 0.15) is 16.2 Å². The van der Waals surface area contributed by atoms with E-state index in [2.05, 4.69) is 15.0 Å². The molecule has 0 aliphatic carbocycles. The lowest BCUT2D eigenvalue weighted by Gasteiger charge is -2.09. The van der Waals surface area contributed by atoms with Gasteiger partial charge in [-0.15, -0.1) is 0 Å². The lowest BCUT2D eigenvalue weighted by molar-refractivity contribution is 0.0690. The second-order valence-electron chi connectivity index (χ2n) is 4.78. The third-order valence-corrected chi connectivity index (χ3v) is 2.84. The molecule has 2 rings (SSSR count). The van der Waals surface area contributed by atoms with Crippen LogP contribution in [0.25, 0.3) is 17.3 Å². The number of nitrogens with zero attached hydrogens (tertiary/aromatic N) is 4. The van der Waals surface area contributed by atoms with Crippen LogP contribution in [0.15, 0.2) is 24.7 Å².